The monoisotopic (exact) mass is 425 g/mol. The number of para-hydroxylation sites is 1. The zero-order valence-corrected chi connectivity index (χ0v) is 18.2. The van der Waals surface area contributed by atoms with E-state index in [1.165, 1.54) is 6.07 Å². The van der Waals surface area contributed by atoms with E-state index < -0.39 is 0 Å². The second-order valence-electron chi connectivity index (χ2n) is 7.16. The van der Waals surface area contributed by atoms with E-state index >= 15 is 0 Å². The smallest absolute Gasteiger partial charge is 0.131 e. The quantitative estimate of drug-likeness (QED) is 0.377. The number of benzene rings is 2. The van der Waals surface area contributed by atoms with Crippen molar-refractivity contribution in [3.05, 3.63) is 105 Å². The van der Waals surface area contributed by atoms with E-state index in [1.54, 1.807) is 25.1 Å². The van der Waals surface area contributed by atoms with Gasteiger partial charge in [0.1, 0.15) is 5.82 Å². The van der Waals surface area contributed by atoms with E-state index in [2.05, 4.69) is 11.1 Å². The van der Waals surface area contributed by atoms with Crippen molar-refractivity contribution in [1.29, 1.82) is 0 Å². The largest absolute Gasteiger partial charge is 0.256 e. The van der Waals surface area contributed by atoms with Crippen molar-refractivity contribution in [3.8, 4) is 0 Å². The third-order valence-corrected chi connectivity index (χ3v) is 5.14. The molecule has 0 spiro atoms. The molecule has 0 radical (unpaired) electrons. The summed E-state index contributed by atoms with van der Waals surface area (Å²) in [5.41, 5.74) is 4.96. The van der Waals surface area contributed by atoms with E-state index in [0.29, 0.717) is 27.6 Å². The second kappa shape index (κ2) is 9.39. The van der Waals surface area contributed by atoms with E-state index in [9.17, 15) is 4.39 Å². The highest BCUT2D eigenvalue weighted by Gasteiger charge is 2.09. The predicted molar refractivity (Wildman–Crippen MR) is 123 cm³/mol. The molecule has 0 bridgehead atoms. The molecule has 0 aliphatic carbocycles. The van der Waals surface area contributed by atoms with Crippen LogP contribution in [0.15, 0.2) is 82.5 Å². The number of hydrogen-bond donors (Lipinski definition) is 0. The molecule has 0 N–H and O–H groups in total. The summed E-state index contributed by atoms with van der Waals surface area (Å²) < 4.78 is 14.5. The van der Waals surface area contributed by atoms with Gasteiger partial charge < -0.3 is 0 Å². The SMILES string of the molecule is C\C(Cc1cnc2ccccc2c1)=C(Cl)/C=C(\C=C(/C)Cl)c1ccc(C)cc1F. The Labute approximate surface area is 181 Å². The van der Waals surface area contributed by atoms with Crippen LogP contribution in [-0.4, -0.2) is 4.98 Å². The van der Waals surface area contributed by atoms with Crippen molar-refractivity contribution in [3.63, 3.8) is 0 Å². The molecular weight excluding hydrogens is 404 g/mol. The van der Waals surface area contributed by atoms with Gasteiger partial charge in [-0.2, -0.15) is 0 Å². The summed E-state index contributed by atoms with van der Waals surface area (Å²) in [4.78, 5) is 4.50. The molecule has 4 heteroatoms. The highest BCUT2D eigenvalue weighted by atomic mass is 35.5. The van der Waals surface area contributed by atoms with Gasteiger partial charge in [-0.3, -0.25) is 4.98 Å². The molecule has 0 unspecified atom stereocenters. The zero-order valence-electron chi connectivity index (χ0n) is 16.6. The summed E-state index contributed by atoms with van der Waals surface area (Å²) in [5.74, 6) is -0.300. The minimum Gasteiger partial charge on any atom is -0.256 e. The van der Waals surface area contributed by atoms with Crippen molar-refractivity contribution in [2.75, 3.05) is 0 Å². The van der Waals surface area contributed by atoms with E-state index in [1.807, 2.05) is 50.4 Å². The Morgan fingerprint density at radius 3 is 2.52 bits per heavy atom. The van der Waals surface area contributed by atoms with Gasteiger partial charge in [0.25, 0.3) is 0 Å². The lowest BCUT2D eigenvalue weighted by atomic mass is 10.0. The number of rotatable bonds is 5. The average molecular weight is 426 g/mol. The molecule has 0 saturated carbocycles. The van der Waals surface area contributed by atoms with Crippen molar-refractivity contribution in [1.82, 2.24) is 4.98 Å². The zero-order chi connectivity index (χ0) is 21.0. The molecule has 0 aliphatic rings. The fourth-order valence-electron chi connectivity index (χ4n) is 3.13. The number of aryl methyl sites for hydroxylation is 1. The third-order valence-electron chi connectivity index (χ3n) is 4.60. The number of fused-ring (bicyclic) bond motifs is 1. The van der Waals surface area contributed by atoms with Crippen LogP contribution in [0.25, 0.3) is 16.5 Å². The first kappa shape index (κ1) is 21.3. The lowest BCUT2D eigenvalue weighted by molar-refractivity contribution is 0.623. The molecule has 3 aromatic rings. The standard InChI is InChI=1S/C25H22Cl2FN/c1-16-8-9-22(24(28)10-16)21(12-18(3)26)14-23(27)17(2)11-19-13-20-6-4-5-7-25(20)29-15-19/h4-10,12-15H,11H2,1-3H3/b18-12+,21-14+,23-17-. The number of halogens is 3. The molecule has 0 aliphatic heterocycles. The first-order valence-electron chi connectivity index (χ1n) is 9.34. The van der Waals surface area contributed by atoms with Gasteiger partial charge in [-0.1, -0.05) is 59.1 Å². The maximum atomic E-state index is 14.5. The third kappa shape index (κ3) is 5.56. The summed E-state index contributed by atoms with van der Waals surface area (Å²) in [7, 11) is 0. The minimum atomic E-state index is -0.300. The summed E-state index contributed by atoms with van der Waals surface area (Å²) in [6.07, 6.45) is 6.01. The highest BCUT2D eigenvalue weighted by Crippen LogP contribution is 2.27. The van der Waals surface area contributed by atoms with Gasteiger partial charge in [0, 0.05) is 27.2 Å². The summed E-state index contributed by atoms with van der Waals surface area (Å²) in [5, 5.41) is 2.20. The Morgan fingerprint density at radius 2 is 1.79 bits per heavy atom. The van der Waals surface area contributed by atoms with E-state index in [4.69, 9.17) is 23.2 Å². The number of hydrogen-bond acceptors (Lipinski definition) is 1. The molecule has 0 amide bonds. The van der Waals surface area contributed by atoms with Crippen LogP contribution in [0.5, 0.6) is 0 Å². The molecule has 1 heterocycles. The van der Waals surface area contributed by atoms with Gasteiger partial charge in [-0.25, -0.2) is 4.39 Å². The average Bonchev–Trinajstić information content (AvgIpc) is 2.67. The Hall–Kier alpha value is -2.42. The Bertz CT molecular complexity index is 1140. The van der Waals surface area contributed by atoms with Crippen LogP contribution in [0.3, 0.4) is 0 Å². The highest BCUT2D eigenvalue weighted by molar-refractivity contribution is 6.32. The molecule has 1 aromatic heterocycles. The van der Waals surface area contributed by atoms with Gasteiger partial charge in [-0.15, -0.1) is 0 Å². The lowest BCUT2D eigenvalue weighted by Gasteiger charge is -2.09. The molecule has 1 nitrogen and oxygen atoms in total. The van der Waals surface area contributed by atoms with Crippen LogP contribution in [0.4, 0.5) is 4.39 Å². The summed E-state index contributed by atoms with van der Waals surface area (Å²) in [6, 6.07) is 15.2. The van der Waals surface area contributed by atoms with Crippen LogP contribution in [-0.2, 0) is 6.42 Å². The van der Waals surface area contributed by atoms with Gasteiger partial charge in [-0.05, 0) is 74.2 Å². The van der Waals surface area contributed by atoms with Crippen LogP contribution in [0.1, 0.15) is 30.5 Å². The topological polar surface area (TPSA) is 12.9 Å². The van der Waals surface area contributed by atoms with Crippen molar-refractivity contribution >= 4 is 39.7 Å². The summed E-state index contributed by atoms with van der Waals surface area (Å²) in [6.45, 7) is 5.58. The van der Waals surface area contributed by atoms with Crippen LogP contribution in [0, 0.1) is 12.7 Å². The molecule has 0 saturated heterocycles. The number of aromatic nitrogens is 1. The van der Waals surface area contributed by atoms with Crippen molar-refractivity contribution < 1.29 is 4.39 Å². The van der Waals surface area contributed by atoms with Crippen LogP contribution in [0.2, 0.25) is 0 Å². The van der Waals surface area contributed by atoms with Gasteiger partial charge in [0.15, 0.2) is 0 Å². The lowest BCUT2D eigenvalue weighted by Crippen LogP contribution is -1.93. The minimum absolute atomic E-state index is 0.300. The summed E-state index contributed by atoms with van der Waals surface area (Å²) >= 11 is 12.7. The maximum Gasteiger partial charge on any atom is 0.131 e. The fourth-order valence-corrected chi connectivity index (χ4v) is 3.43. The predicted octanol–water partition coefficient (Wildman–Crippen LogP) is 7.96. The normalized spacial score (nSPS) is 13.6. The molecule has 2 aromatic carbocycles. The van der Waals surface area contributed by atoms with Crippen LogP contribution < -0.4 is 0 Å². The second-order valence-corrected chi connectivity index (χ2v) is 8.16. The van der Waals surface area contributed by atoms with Crippen LogP contribution >= 0.6 is 23.2 Å². The van der Waals surface area contributed by atoms with Gasteiger partial charge in [0.2, 0.25) is 0 Å². The Kier molecular flexibility index (Phi) is 6.89. The van der Waals surface area contributed by atoms with E-state index in [0.717, 1.165) is 27.6 Å². The van der Waals surface area contributed by atoms with Crippen molar-refractivity contribution in [2.24, 2.45) is 0 Å². The fraction of sp³-hybridized carbons (Fsp3) is 0.160. The molecule has 29 heavy (non-hydrogen) atoms. The van der Waals surface area contributed by atoms with E-state index in [-0.39, 0.29) is 5.82 Å². The number of nitrogens with zero attached hydrogens (tertiary/aromatic N) is 1. The Morgan fingerprint density at radius 1 is 1.03 bits per heavy atom. The Balaban J connectivity index is 1.96. The number of allylic oxidation sites excluding steroid dienone is 6. The maximum absolute atomic E-state index is 14.5. The number of pyridine rings is 1. The first-order valence-corrected chi connectivity index (χ1v) is 10.1. The van der Waals surface area contributed by atoms with Crippen molar-refractivity contribution in [2.45, 2.75) is 27.2 Å². The molecular formula is C25H22Cl2FN. The molecule has 148 valence electrons. The van der Waals surface area contributed by atoms with Gasteiger partial charge >= 0.3 is 0 Å². The molecule has 0 atom stereocenters. The first-order chi connectivity index (χ1) is 13.8. The molecule has 0 fully saturated rings. The molecule has 3 rings (SSSR count). The van der Waals surface area contributed by atoms with Gasteiger partial charge in [0.05, 0.1) is 5.52 Å².